The van der Waals surface area contributed by atoms with Crippen LogP contribution < -0.4 is 5.32 Å². The Morgan fingerprint density at radius 2 is 1.96 bits per heavy atom. The summed E-state index contributed by atoms with van der Waals surface area (Å²) in [7, 11) is 0. The number of carbonyl (C=O) groups is 2. The molecule has 0 unspecified atom stereocenters. The standard InChI is InChI=1S/C19H23N2O3.CH3.Co/c1-12-6-5-9-14-11-15(20-17(12)14)18(22)21-16(19(23)24)10-13-7-3-2-4-8-13;;/h5-6,9,11,13,16,20H,1-4,7-8,10H2,(H,21,22)(H,23,24);1H3;/q2*-1;+3/t16-;;/m1../s1. The van der Waals surface area contributed by atoms with Crippen LogP contribution in [0.15, 0.2) is 24.3 Å². The second kappa shape index (κ2) is 9.69. The summed E-state index contributed by atoms with van der Waals surface area (Å²) in [6, 6.07) is 6.53. The molecule has 5 nitrogen and oxygen atoms in total. The van der Waals surface area contributed by atoms with Gasteiger partial charge in [-0.3, -0.25) is 4.79 Å². The Bertz CT molecular complexity index is 751. The first-order valence-electron chi connectivity index (χ1n) is 8.52. The average molecular weight is 401 g/mol. The van der Waals surface area contributed by atoms with Crippen molar-refractivity contribution in [2.45, 2.75) is 44.6 Å². The Morgan fingerprint density at radius 1 is 1.27 bits per heavy atom. The molecule has 0 saturated heterocycles. The molecule has 1 aromatic heterocycles. The molecule has 1 aliphatic rings. The first kappa shape index (κ1) is 22.1. The number of aliphatic carboxylic acids is 1. The van der Waals surface area contributed by atoms with Gasteiger partial charge in [-0.15, -0.1) is 6.07 Å². The van der Waals surface area contributed by atoms with Crippen LogP contribution in [0.4, 0.5) is 0 Å². The second-order valence-corrected chi connectivity index (χ2v) is 6.67. The fourth-order valence-corrected chi connectivity index (χ4v) is 3.55. The fraction of sp³-hybridized carbons (Fsp3) is 0.400. The number of amides is 1. The van der Waals surface area contributed by atoms with Crippen molar-refractivity contribution in [2.75, 3.05) is 0 Å². The van der Waals surface area contributed by atoms with E-state index in [0.717, 1.165) is 42.1 Å². The molecule has 6 heteroatoms. The van der Waals surface area contributed by atoms with Gasteiger partial charge in [0.15, 0.2) is 0 Å². The zero-order chi connectivity index (χ0) is 17.1. The number of hydrogen-bond acceptors (Lipinski definition) is 2. The minimum atomic E-state index is -0.970. The van der Waals surface area contributed by atoms with Gasteiger partial charge in [0.25, 0.3) is 5.91 Å². The Balaban J connectivity index is 0.00000169. The van der Waals surface area contributed by atoms with Gasteiger partial charge in [0.2, 0.25) is 0 Å². The van der Waals surface area contributed by atoms with Gasteiger partial charge in [0.1, 0.15) is 6.04 Å². The number of carbonyl (C=O) groups excluding carboxylic acids is 1. The molecule has 1 atom stereocenters. The summed E-state index contributed by atoms with van der Waals surface area (Å²) in [5, 5.41) is 13.0. The fourth-order valence-electron chi connectivity index (χ4n) is 3.55. The molecule has 0 aliphatic heterocycles. The number of H-pyrrole nitrogens is 1. The molecule has 26 heavy (non-hydrogen) atoms. The maximum absolute atomic E-state index is 12.5. The third kappa shape index (κ3) is 5.05. The number of carboxylic acids is 1. The molecular formula is C20H26CoN2O3+. The maximum atomic E-state index is 12.5. The molecule has 1 aliphatic carbocycles. The smallest absolute Gasteiger partial charge is 0.480 e. The largest absolute Gasteiger partial charge is 3.00 e. The quantitative estimate of drug-likeness (QED) is 0.664. The van der Waals surface area contributed by atoms with Crippen LogP contribution in [0.3, 0.4) is 0 Å². The number of para-hydroxylation sites is 1. The molecule has 1 saturated carbocycles. The number of fused-ring (bicyclic) bond motifs is 1. The zero-order valence-electron chi connectivity index (χ0n) is 15.0. The molecule has 0 bridgehead atoms. The van der Waals surface area contributed by atoms with E-state index >= 15 is 0 Å². The molecule has 3 rings (SSSR count). The van der Waals surface area contributed by atoms with Crippen molar-refractivity contribution in [3.63, 3.8) is 0 Å². The van der Waals surface area contributed by atoms with E-state index in [1.807, 2.05) is 18.2 Å². The van der Waals surface area contributed by atoms with Gasteiger partial charge in [-0.1, -0.05) is 49.1 Å². The number of benzene rings is 1. The Hall–Kier alpha value is -1.92. The van der Waals surface area contributed by atoms with E-state index < -0.39 is 12.0 Å². The van der Waals surface area contributed by atoms with E-state index in [2.05, 4.69) is 17.2 Å². The minimum Gasteiger partial charge on any atom is -0.480 e. The predicted octanol–water partition coefficient (Wildman–Crippen LogP) is 3.95. The first-order valence-corrected chi connectivity index (χ1v) is 8.52. The van der Waals surface area contributed by atoms with E-state index in [1.54, 1.807) is 6.07 Å². The van der Waals surface area contributed by atoms with Gasteiger partial charge in [-0.05, 0) is 18.4 Å². The van der Waals surface area contributed by atoms with E-state index in [0.29, 0.717) is 18.0 Å². The van der Waals surface area contributed by atoms with Crippen LogP contribution in [0.25, 0.3) is 10.9 Å². The number of hydrogen-bond donors (Lipinski definition) is 3. The minimum absolute atomic E-state index is 0. The summed E-state index contributed by atoms with van der Waals surface area (Å²) in [6.07, 6.45) is 6.14. The molecule has 3 N–H and O–H groups in total. The normalized spacial score (nSPS) is 15.5. The van der Waals surface area contributed by atoms with Gasteiger partial charge in [-0.2, -0.15) is 18.6 Å². The molecule has 142 valence electrons. The summed E-state index contributed by atoms with van der Waals surface area (Å²) < 4.78 is 0. The SMILES string of the molecule is [CH2-]c1cccc2cc(C(=O)N[C@H](CC3CCCCC3)C(=O)O)[nH]c12.[CH3-].[Co+3]. The number of nitrogens with one attached hydrogen (secondary N) is 2. The van der Waals surface area contributed by atoms with E-state index in [1.165, 1.54) is 6.42 Å². The molecule has 0 spiro atoms. The van der Waals surface area contributed by atoms with Crippen LogP contribution >= 0.6 is 0 Å². The van der Waals surface area contributed by atoms with Crippen molar-refractivity contribution in [1.82, 2.24) is 10.3 Å². The third-order valence-corrected chi connectivity index (χ3v) is 4.88. The Labute approximate surface area is 165 Å². The van der Waals surface area contributed by atoms with E-state index in [-0.39, 0.29) is 30.1 Å². The van der Waals surface area contributed by atoms with Crippen LogP contribution in [0.2, 0.25) is 0 Å². The van der Waals surface area contributed by atoms with Crippen LogP contribution in [0.5, 0.6) is 0 Å². The van der Waals surface area contributed by atoms with Crippen LogP contribution in [0, 0.1) is 20.3 Å². The summed E-state index contributed by atoms with van der Waals surface area (Å²) in [5.74, 6) is -0.967. The molecule has 1 heterocycles. The van der Waals surface area contributed by atoms with Crippen molar-refractivity contribution >= 4 is 22.8 Å². The summed E-state index contributed by atoms with van der Waals surface area (Å²) in [6.45, 7) is 3.93. The van der Waals surface area contributed by atoms with Gasteiger partial charge in [0.05, 0.1) is 5.69 Å². The predicted molar refractivity (Wildman–Crippen MR) is 99.3 cm³/mol. The molecular weight excluding hydrogens is 375 g/mol. The van der Waals surface area contributed by atoms with Gasteiger partial charge < -0.3 is 22.8 Å². The van der Waals surface area contributed by atoms with Gasteiger partial charge in [-0.25, -0.2) is 4.79 Å². The number of carboxylic acid groups (broad SMARTS) is 1. The summed E-state index contributed by atoms with van der Waals surface area (Å²) >= 11 is 0. The summed E-state index contributed by atoms with van der Waals surface area (Å²) in [4.78, 5) is 27.0. The topological polar surface area (TPSA) is 82.2 Å². The first-order chi connectivity index (χ1) is 11.5. The molecule has 1 fully saturated rings. The number of aromatic amines is 1. The monoisotopic (exact) mass is 401 g/mol. The Morgan fingerprint density at radius 3 is 2.58 bits per heavy atom. The van der Waals surface area contributed by atoms with Crippen molar-refractivity contribution in [1.29, 1.82) is 0 Å². The summed E-state index contributed by atoms with van der Waals surface area (Å²) in [5.41, 5.74) is 1.99. The van der Waals surface area contributed by atoms with E-state index in [9.17, 15) is 14.7 Å². The number of aromatic nitrogens is 1. The Kier molecular flexibility index (Phi) is 8.24. The molecule has 2 aromatic rings. The van der Waals surface area contributed by atoms with Crippen molar-refractivity contribution in [3.05, 3.63) is 49.9 Å². The van der Waals surface area contributed by atoms with Crippen LogP contribution in [-0.2, 0) is 21.6 Å². The molecule has 0 radical (unpaired) electrons. The van der Waals surface area contributed by atoms with Crippen molar-refractivity contribution < 1.29 is 31.5 Å². The molecule has 1 aromatic carbocycles. The van der Waals surface area contributed by atoms with Crippen LogP contribution in [0.1, 0.15) is 54.6 Å². The van der Waals surface area contributed by atoms with Crippen molar-refractivity contribution in [3.8, 4) is 0 Å². The second-order valence-electron chi connectivity index (χ2n) is 6.67. The van der Waals surface area contributed by atoms with Crippen molar-refractivity contribution in [2.24, 2.45) is 5.92 Å². The van der Waals surface area contributed by atoms with Crippen LogP contribution in [-0.4, -0.2) is 28.0 Å². The van der Waals surface area contributed by atoms with E-state index in [4.69, 9.17) is 0 Å². The molecule has 1 amide bonds. The van der Waals surface area contributed by atoms with Gasteiger partial charge >= 0.3 is 22.7 Å². The third-order valence-electron chi connectivity index (χ3n) is 4.88. The maximum Gasteiger partial charge on any atom is 3.00 e. The van der Waals surface area contributed by atoms with Gasteiger partial charge in [0, 0.05) is 0 Å². The number of rotatable bonds is 5. The average Bonchev–Trinajstić information content (AvgIpc) is 3.01. The zero-order valence-corrected chi connectivity index (χ0v) is 16.1.